The third-order valence-corrected chi connectivity index (χ3v) is 5.40. The summed E-state index contributed by atoms with van der Waals surface area (Å²) in [6.45, 7) is 0.472. The lowest BCUT2D eigenvalue weighted by atomic mass is 9.96. The Labute approximate surface area is 187 Å². The summed E-state index contributed by atoms with van der Waals surface area (Å²) in [4.78, 5) is 31.3. The highest BCUT2D eigenvalue weighted by Gasteiger charge is 2.26. The molecular weight excluding hydrogens is 404 g/mol. The van der Waals surface area contributed by atoms with Gasteiger partial charge in [-0.2, -0.15) is 0 Å². The van der Waals surface area contributed by atoms with E-state index in [0.29, 0.717) is 18.0 Å². The first kappa shape index (κ1) is 21.3. The Hall–Kier alpha value is -3.93. The predicted molar refractivity (Wildman–Crippen MR) is 123 cm³/mol. The largest absolute Gasteiger partial charge is 0.496 e. The van der Waals surface area contributed by atoms with Crippen LogP contribution in [-0.2, 0) is 27.3 Å². The van der Waals surface area contributed by atoms with Gasteiger partial charge in [-0.05, 0) is 29.3 Å². The predicted octanol–water partition coefficient (Wildman–Crippen LogP) is 3.79. The Bertz CT molecular complexity index is 1170. The fraction of sp³-hybridized carbons (Fsp3) is 0.192. The highest BCUT2D eigenvalue weighted by molar-refractivity contribution is 6.20. The van der Waals surface area contributed by atoms with Crippen LogP contribution < -0.4 is 9.64 Å². The summed E-state index contributed by atoms with van der Waals surface area (Å²) in [6.07, 6.45) is 0.140. The zero-order valence-electron chi connectivity index (χ0n) is 18.1. The van der Waals surface area contributed by atoms with Crippen molar-refractivity contribution in [2.24, 2.45) is 4.99 Å². The lowest BCUT2D eigenvalue weighted by Crippen LogP contribution is -2.31. The molecule has 0 aromatic heterocycles. The number of hydrogen-bond donors (Lipinski definition) is 0. The quantitative estimate of drug-likeness (QED) is 0.560. The van der Waals surface area contributed by atoms with Crippen LogP contribution in [0.4, 0.5) is 5.69 Å². The van der Waals surface area contributed by atoms with Crippen LogP contribution in [0.5, 0.6) is 5.75 Å². The highest BCUT2D eigenvalue weighted by Crippen LogP contribution is 2.32. The van der Waals surface area contributed by atoms with Crippen molar-refractivity contribution >= 4 is 23.3 Å². The average molecular weight is 428 g/mol. The molecule has 1 aliphatic heterocycles. The first-order valence-corrected chi connectivity index (χ1v) is 10.3. The van der Waals surface area contributed by atoms with Gasteiger partial charge in [-0.15, -0.1) is 0 Å². The third-order valence-electron chi connectivity index (χ3n) is 5.40. The molecule has 0 N–H and O–H groups in total. The minimum absolute atomic E-state index is 0.0151. The summed E-state index contributed by atoms with van der Waals surface area (Å²) in [5, 5.41) is 0. The molecule has 162 valence electrons. The van der Waals surface area contributed by atoms with Crippen molar-refractivity contribution < 1.29 is 19.1 Å². The van der Waals surface area contributed by atoms with E-state index >= 15 is 0 Å². The van der Waals surface area contributed by atoms with Crippen LogP contribution in [0.2, 0.25) is 0 Å². The number of nitrogens with zero attached hydrogens (tertiary/aromatic N) is 2. The Morgan fingerprint density at radius 1 is 0.938 bits per heavy atom. The van der Waals surface area contributed by atoms with Crippen molar-refractivity contribution in [3.05, 3.63) is 95.1 Å². The van der Waals surface area contributed by atoms with Gasteiger partial charge in [0.05, 0.1) is 38.6 Å². The topological polar surface area (TPSA) is 68.2 Å². The van der Waals surface area contributed by atoms with Crippen LogP contribution >= 0.6 is 0 Å². The second-order valence-electron chi connectivity index (χ2n) is 7.44. The van der Waals surface area contributed by atoms with Gasteiger partial charge in [-0.3, -0.25) is 14.6 Å². The molecule has 1 heterocycles. The number of benzodiazepines with no additional fused rings is 1. The number of carbonyl (C=O) groups excluding carboxylic acids is 2. The molecule has 6 nitrogen and oxygen atoms in total. The first-order valence-electron chi connectivity index (χ1n) is 10.3. The lowest BCUT2D eigenvalue weighted by molar-refractivity contribution is -0.139. The zero-order valence-corrected chi connectivity index (χ0v) is 18.1. The molecule has 0 spiro atoms. The van der Waals surface area contributed by atoms with Crippen LogP contribution in [0.3, 0.4) is 0 Å². The fourth-order valence-electron chi connectivity index (χ4n) is 3.82. The molecule has 3 aromatic carbocycles. The number of benzene rings is 3. The molecule has 0 saturated heterocycles. The van der Waals surface area contributed by atoms with Crippen molar-refractivity contribution in [3.63, 3.8) is 0 Å². The van der Waals surface area contributed by atoms with E-state index in [4.69, 9.17) is 9.47 Å². The van der Waals surface area contributed by atoms with Crippen LogP contribution in [0.25, 0.3) is 0 Å². The van der Waals surface area contributed by atoms with Gasteiger partial charge in [0, 0.05) is 11.1 Å². The molecule has 0 unspecified atom stereocenters. The molecule has 0 fully saturated rings. The number of fused-ring (bicyclic) bond motifs is 1. The van der Waals surface area contributed by atoms with E-state index in [1.54, 1.807) is 12.0 Å². The third kappa shape index (κ3) is 4.39. The number of rotatable bonds is 6. The highest BCUT2D eigenvalue weighted by atomic mass is 16.5. The zero-order chi connectivity index (χ0) is 22.5. The SMILES string of the molecule is COC(=O)Cc1ccc(OC)c(C2=NCC(=O)N(Cc3ccccc3)c3ccccc32)c1. The molecule has 3 aromatic rings. The molecule has 0 radical (unpaired) electrons. The maximum Gasteiger partial charge on any atom is 0.309 e. The van der Waals surface area contributed by atoms with E-state index < -0.39 is 0 Å². The Kier molecular flexibility index (Phi) is 6.31. The Balaban J connectivity index is 1.79. The number of esters is 1. The van der Waals surface area contributed by atoms with Crippen LogP contribution in [0, 0.1) is 0 Å². The minimum Gasteiger partial charge on any atom is -0.496 e. The second-order valence-corrected chi connectivity index (χ2v) is 7.44. The standard InChI is InChI=1S/C26H24N2O4/c1-31-23-13-12-19(15-25(30)32-2)14-21(23)26-20-10-6-7-11-22(20)28(24(29)16-27-26)17-18-8-4-3-5-9-18/h3-14H,15-17H2,1-2H3. The number of ether oxygens (including phenoxy) is 2. The monoisotopic (exact) mass is 428 g/mol. The van der Waals surface area contributed by atoms with Gasteiger partial charge in [0.15, 0.2) is 0 Å². The lowest BCUT2D eigenvalue weighted by Gasteiger charge is -2.23. The fourth-order valence-corrected chi connectivity index (χ4v) is 3.82. The number of anilines is 1. The van der Waals surface area contributed by atoms with Gasteiger partial charge in [0.2, 0.25) is 5.91 Å². The summed E-state index contributed by atoms with van der Waals surface area (Å²) >= 11 is 0. The van der Waals surface area contributed by atoms with Gasteiger partial charge in [-0.1, -0.05) is 54.6 Å². The van der Waals surface area contributed by atoms with Gasteiger partial charge < -0.3 is 14.4 Å². The molecule has 0 bridgehead atoms. The molecule has 32 heavy (non-hydrogen) atoms. The Morgan fingerprint density at radius 3 is 2.44 bits per heavy atom. The second kappa shape index (κ2) is 9.47. The number of aliphatic imine (C=N–C) groups is 1. The summed E-state index contributed by atoms with van der Waals surface area (Å²) < 4.78 is 10.4. The summed E-state index contributed by atoms with van der Waals surface area (Å²) in [7, 11) is 2.96. The number of para-hydroxylation sites is 1. The van der Waals surface area contributed by atoms with Crippen molar-refractivity contribution in [2.75, 3.05) is 25.7 Å². The first-order chi connectivity index (χ1) is 15.6. The molecule has 0 aliphatic carbocycles. The molecule has 1 aliphatic rings. The van der Waals surface area contributed by atoms with Crippen molar-refractivity contribution in [1.82, 2.24) is 0 Å². The van der Waals surface area contributed by atoms with Crippen molar-refractivity contribution in [3.8, 4) is 5.75 Å². The summed E-state index contributed by atoms with van der Waals surface area (Å²) in [5.41, 5.74) is 4.84. The number of amides is 1. The van der Waals surface area contributed by atoms with Crippen LogP contribution in [0.15, 0.2) is 77.8 Å². The van der Waals surface area contributed by atoms with Gasteiger partial charge in [0.25, 0.3) is 0 Å². The molecule has 1 amide bonds. The molecule has 0 atom stereocenters. The maximum absolute atomic E-state index is 13.1. The maximum atomic E-state index is 13.1. The molecule has 6 heteroatoms. The van der Waals surface area contributed by atoms with E-state index in [-0.39, 0.29) is 24.8 Å². The van der Waals surface area contributed by atoms with Crippen molar-refractivity contribution in [2.45, 2.75) is 13.0 Å². The Morgan fingerprint density at radius 2 is 1.69 bits per heavy atom. The smallest absolute Gasteiger partial charge is 0.309 e. The summed E-state index contributed by atoms with van der Waals surface area (Å²) in [5.74, 6) is 0.214. The van der Waals surface area contributed by atoms with E-state index in [1.807, 2.05) is 72.8 Å². The van der Waals surface area contributed by atoms with Gasteiger partial charge >= 0.3 is 5.97 Å². The molecular formula is C26H24N2O4. The summed E-state index contributed by atoms with van der Waals surface area (Å²) in [6, 6.07) is 23.1. The number of methoxy groups -OCH3 is 2. The van der Waals surface area contributed by atoms with Crippen molar-refractivity contribution in [1.29, 1.82) is 0 Å². The van der Waals surface area contributed by atoms with Gasteiger partial charge in [0.1, 0.15) is 12.3 Å². The van der Waals surface area contributed by atoms with Crippen LogP contribution in [-0.4, -0.2) is 38.4 Å². The van der Waals surface area contributed by atoms with Gasteiger partial charge in [-0.25, -0.2) is 0 Å². The van der Waals surface area contributed by atoms with E-state index in [2.05, 4.69) is 4.99 Å². The minimum atomic E-state index is -0.325. The number of carbonyl (C=O) groups is 2. The number of hydrogen-bond acceptors (Lipinski definition) is 5. The molecule has 0 saturated carbocycles. The molecule has 4 rings (SSSR count). The normalized spacial score (nSPS) is 13.1. The van der Waals surface area contributed by atoms with E-state index in [9.17, 15) is 9.59 Å². The van der Waals surface area contributed by atoms with Crippen LogP contribution in [0.1, 0.15) is 22.3 Å². The van der Waals surface area contributed by atoms with E-state index in [1.165, 1.54) is 7.11 Å². The van der Waals surface area contributed by atoms with E-state index in [0.717, 1.165) is 27.9 Å². The average Bonchev–Trinajstić information content (AvgIpc) is 2.96.